The SMILES string of the molecule is Cc1ccc(NC(=O)CNC2CCC(C)(C)CC2)cc1. The second kappa shape index (κ2) is 6.40. The van der Waals surface area contributed by atoms with Crippen molar-refractivity contribution in [3.8, 4) is 0 Å². The Morgan fingerprint density at radius 1 is 1.20 bits per heavy atom. The van der Waals surface area contributed by atoms with Crippen molar-refractivity contribution in [3.05, 3.63) is 29.8 Å². The first-order valence-electron chi connectivity index (χ1n) is 7.54. The maximum Gasteiger partial charge on any atom is 0.238 e. The summed E-state index contributed by atoms with van der Waals surface area (Å²) in [7, 11) is 0. The summed E-state index contributed by atoms with van der Waals surface area (Å²) in [6, 6.07) is 8.39. The van der Waals surface area contributed by atoms with Crippen molar-refractivity contribution in [1.82, 2.24) is 5.32 Å². The first kappa shape index (κ1) is 15.0. The van der Waals surface area contributed by atoms with Crippen LogP contribution in [0.1, 0.15) is 45.1 Å². The molecule has 20 heavy (non-hydrogen) atoms. The molecule has 0 aliphatic heterocycles. The zero-order valence-corrected chi connectivity index (χ0v) is 12.8. The average molecular weight is 274 g/mol. The second-order valence-corrected chi connectivity index (χ2v) is 6.73. The van der Waals surface area contributed by atoms with Crippen LogP contribution in [0.2, 0.25) is 0 Å². The first-order valence-corrected chi connectivity index (χ1v) is 7.54. The molecule has 1 fully saturated rings. The van der Waals surface area contributed by atoms with Crippen LogP contribution in [0.4, 0.5) is 5.69 Å². The lowest BCUT2D eigenvalue weighted by atomic mass is 9.75. The van der Waals surface area contributed by atoms with E-state index in [2.05, 4.69) is 24.5 Å². The quantitative estimate of drug-likeness (QED) is 0.882. The summed E-state index contributed by atoms with van der Waals surface area (Å²) in [6.07, 6.45) is 4.82. The molecule has 1 aliphatic rings. The standard InChI is InChI=1S/C17H26N2O/c1-13-4-6-15(7-5-13)19-16(20)12-18-14-8-10-17(2,3)11-9-14/h4-7,14,18H,8-12H2,1-3H3,(H,19,20). The monoisotopic (exact) mass is 274 g/mol. The van der Waals surface area contributed by atoms with Crippen LogP contribution in [-0.2, 0) is 4.79 Å². The highest BCUT2D eigenvalue weighted by Gasteiger charge is 2.26. The van der Waals surface area contributed by atoms with E-state index in [0.29, 0.717) is 18.0 Å². The number of carbonyl (C=O) groups excluding carboxylic acids is 1. The van der Waals surface area contributed by atoms with E-state index >= 15 is 0 Å². The van der Waals surface area contributed by atoms with E-state index in [1.807, 2.05) is 31.2 Å². The minimum Gasteiger partial charge on any atom is -0.325 e. The molecule has 0 spiro atoms. The maximum atomic E-state index is 11.9. The van der Waals surface area contributed by atoms with Gasteiger partial charge in [0.1, 0.15) is 0 Å². The number of anilines is 1. The van der Waals surface area contributed by atoms with Gasteiger partial charge in [0.25, 0.3) is 0 Å². The first-order chi connectivity index (χ1) is 9.44. The maximum absolute atomic E-state index is 11.9. The van der Waals surface area contributed by atoms with Gasteiger partial charge in [-0.05, 0) is 50.2 Å². The molecule has 1 aromatic carbocycles. The van der Waals surface area contributed by atoms with Gasteiger partial charge in [0.05, 0.1) is 6.54 Å². The van der Waals surface area contributed by atoms with Crippen molar-refractivity contribution < 1.29 is 4.79 Å². The molecule has 1 aliphatic carbocycles. The predicted octanol–water partition coefficient (Wildman–Crippen LogP) is 3.49. The third-order valence-electron chi connectivity index (χ3n) is 4.23. The van der Waals surface area contributed by atoms with E-state index in [-0.39, 0.29) is 5.91 Å². The second-order valence-electron chi connectivity index (χ2n) is 6.73. The lowest BCUT2D eigenvalue weighted by Crippen LogP contribution is -2.39. The van der Waals surface area contributed by atoms with Crippen molar-refractivity contribution in [1.29, 1.82) is 0 Å². The molecule has 3 nitrogen and oxygen atoms in total. The summed E-state index contributed by atoms with van der Waals surface area (Å²) in [6.45, 7) is 7.09. The number of rotatable bonds is 4. The molecule has 1 aromatic rings. The van der Waals surface area contributed by atoms with Crippen molar-refractivity contribution in [2.75, 3.05) is 11.9 Å². The molecule has 0 atom stereocenters. The number of amides is 1. The van der Waals surface area contributed by atoms with E-state index in [9.17, 15) is 4.79 Å². The van der Waals surface area contributed by atoms with E-state index in [4.69, 9.17) is 0 Å². The number of benzene rings is 1. The third-order valence-corrected chi connectivity index (χ3v) is 4.23. The highest BCUT2D eigenvalue weighted by atomic mass is 16.1. The fraction of sp³-hybridized carbons (Fsp3) is 0.588. The molecule has 3 heteroatoms. The zero-order chi connectivity index (χ0) is 14.6. The Morgan fingerprint density at radius 2 is 1.80 bits per heavy atom. The van der Waals surface area contributed by atoms with Gasteiger partial charge < -0.3 is 10.6 Å². The number of carbonyl (C=O) groups is 1. The smallest absolute Gasteiger partial charge is 0.238 e. The van der Waals surface area contributed by atoms with Gasteiger partial charge in [0, 0.05) is 11.7 Å². The van der Waals surface area contributed by atoms with Gasteiger partial charge in [-0.25, -0.2) is 0 Å². The van der Waals surface area contributed by atoms with Gasteiger partial charge in [-0.1, -0.05) is 31.5 Å². The Kier molecular flexibility index (Phi) is 4.81. The normalized spacial score (nSPS) is 18.8. The van der Waals surface area contributed by atoms with Crippen LogP contribution in [0.15, 0.2) is 24.3 Å². The minimum atomic E-state index is 0.0405. The Bertz CT molecular complexity index is 441. The molecule has 0 heterocycles. The lowest BCUT2D eigenvalue weighted by Gasteiger charge is -2.34. The zero-order valence-electron chi connectivity index (χ0n) is 12.8. The summed E-state index contributed by atoms with van der Waals surface area (Å²) in [5.74, 6) is 0.0405. The highest BCUT2D eigenvalue weighted by Crippen LogP contribution is 2.34. The van der Waals surface area contributed by atoms with Gasteiger partial charge in [-0.3, -0.25) is 4.79 Å². The predicted molar refractivity (Wildman–Crippen MR) is 83.8 cm³/mol. The van der Waals surface area contributed by atoms with Crippen molar-refractivity contribution in [3.63, 3.8) is 0 Å². The Hall–Kier alpha value is -1.35. The van der Waals surface area contributed by atoms with Crippen LogP contribution in [0, 0.1) is 12.3 Å². The van der Waals surface area contributed by atoms with Crippen LogP contribution in [-0.4, -0.2) is 18.5 Å². The van der Waals surface area contributed by atoms with Crippen LogP contribution >= 0.6 is 0 Å². The van der Waals surface area contributed by atoms with E-state index in [1.54, 1.807) is 0 Å². The van der Waals surface area contributed by atoms with Crippen LogP contribution in [0.25, 0.3) is 0 Å². The number of aryl methyl sites for hydroxylation is 1. The molecule has 110 valence electrons. The average Bonchev–Trinajstić information content (AvgIpc) is 2.40. The van der Waals surface area contributed by atoms with Crippen molar-refractivity contribution >= 4 is 11.6 Å². The molecular weight excluding hydrogens is 248 g/mol. The molecule has 1 saturated carbocycles. The van der Waals surface area contributed by atoms with Crippen LogP contribution < -0.4 is 10.6 Å². The molecule has 2 rings (SSSR count). The van der Waals surface area contributed by atoms with Crippen molar-refractivity contribution in [2.24, 2.45) is 5.41 Å². The molecule has 0 aromatic heterocycles. The van der Waals surface area contributed by atoms with Gasteiger partial charge >= 0.3 is 0 Å². The van der Waals surface area contributed by atoms with E-state index in [1.165, 1.54) is 31.2 Å². The largest absolute Gasteiger partial charge is 0.325 e. The fourth-order valence-corrected chi connectivity index (χ4v) is 2.68. The Morgan fingerprint density at radius 3 is 2.40 bits per heavy atom. The summed E-state index contributed by atoms with van der Waals surface area (Å²) in [5, 5.41) is 6.30. The van der Waals surface area contributed by atoms with Gasteiger partial charge in [0.15, 0.2) is 0 Å². The van der Waals surface area contributed by atoms with Gasteiger partial charge in [-0.2, -0.15) is 0 Å². The minimum absolute atomic E-state index is 0.0405. The number of hydrogen-bond donors (Lipinski definition) is 2. The third kappa shape index (κ3) is 4.64. The molecule has 2 N–H and O–H groups in total. The molecule has 0 radical (unpaired) electrons. The van der Waals surface area contributed by atoms with E-state index in [0.717, 1.165) is 5.69 Å². The molecule has 1 amide bonds. The van der Waals surface area contributed by atoms with Gasteiger partial charge in [0.2, 0.25) is 5.91 Å². The van der Waals surface area contributed by atoms with Crippen LogP contribution in [0.3, 0.4) is 0 Å². The number of hydrogen-bond acceptors (Lipinski definition) is 2. The van der Waals surface area contributed by atoms with Crippen LogP contribution in [0.5, 0.6) is 0 Å². The summed E-state index contributed by atoms with van der Waals surface area (Å²) < 4.78 is 0. The van der Waals surface area contributed by atoms with Crippen molar-refractivity contribution in [2.45, 2.75) is 52.5 Å². The van der Waals surface area contributed by atoms with E-state index < -0.39 is 0 Å². The molecular formula is C17H26N2O. The topological polar surface area (TPSA) is 41.1 Å². The molecule has 0 unspecified atom stereocenters. The Labute approximate surface area is 122 Å². The highest BCUT2D eigenvalue weighted by molar-refractivity contribution is 5.92. The molecule has 0 bridgehead atoms. The lowest BCUT2D eigenvalue weighted by molar-refractivity contribution is -0.115. The summed E-state index contributed by atoms with van der Waals surface area (Å²) in [4.78, 5) is 11.9. The van der Waals surface area contributed by atoms with Gasteiger partial charge in [-0.15, -0.1) is 0 Å². The summed E-state index contributed by atoms with van der Waals surface area (Å²) in [5.41, 5.74) is 2.54. The number of nitrogens with one attached hydrogen (secondary N) is 2. The fourth-order valence-electron chi connectivity index (χ4n) is 2.68. The molecule has 0 saturated heterocycles. The Balaban J connectivity index is 1.72. The summed E-state index contributed by atoms with van der Waals surface area (Å²) >= 11 is 0.